The topological polar surface area (TPSA) is 289 Å². The number of aromatic nitrogens is 15. The molecule has 3 aliphatic heterocycles. The lowest BCUT2D eigenvalue weighted by atomic mass is 9.89. The van der Waals surface area contributed by atoms with Crippen LogP contribution in [0.1, 0.15) is 84.0 Å². The highest BCUT2D eigenvalue weighted by molar-refractivity contribution is 7.99. The first-order chi connectivity index (χ1) is 50.0. The lowest BCUT2D eigenvalue weighted by Crippen LogP contribution is -2.63. The van der Waals surface area contributed by atoms with Crippen LogP contribution >= 0.6 is 35.3 Å². The van der Waals surface area contributed by atoms with Gasteiger partial charge in [-0.1, -0.05) is 12.1 Å². The summed E-state index contributed by atoms with van der Waals surface area (Å²) < 4.78 is 109. The van der Waals surface area contributed by atoms with E-state index in [1.807, 2.05) is 90.1 Å². The Morgan fingerprint density at radius 1 is 0.533 bits per heavy atom. The highest BCUT2D eigenvalue weighted by Gasteiger charge is 2.56. The molecule has 1 amide bonds. The fourth-order valence-corrected chi connectivity index (χ4v) is 15.3. The lowest BCUT2D eigenvalue weighted by Gasteiger charge is -2.47. The quantitative estimate of drug-likeness (QED) is 0.0260. The van der Waals surface area contributed by atoms with E-state index >= 15 is 4.39 Å². The van der Waals surface area contributed by atoms with E-state index in [0.717, 1.165) is 76.4 Å². The maximum Gasteiger partial charge on any atom is 0.433 e. The molecule has 35 heteroatoms. The van der Waals surface area contributed by atoms with Gasteiger partial charge in [0.15, 0.2) is 32.9 Å². The zero-order chi connectivity index (χ0) is 73.3. The third-order valence-corrected chi connectivity index (χ3v) is 21.2. The molecule has 105 heavy (non-hydrogen) atoms. The molecular formula is C70H84F8N22O2S3. The third-order valence-electron chi connectivity index (χ3n) is 18.7. The van der Waals surface area contributed by atoms with Gasteiger partial charge in [-0.25, -0.2) is 48.7 Å². The molecule has 3 aliphatic carbocycles. The Morgan fingerprint density at radius 3 is 1.41 bits per heavy atom. The molecule has 17 rings (SSSR count). The number of hydrogen-bond acceptors (Lipinski definition) is 22. The number of β-amino-alcohol motifs (C(OH)–C–C–N with tert-alkyl or cyclic N) is 1. The van der Waals surface area contributed by atoms with Crippen molar-refractivity contribution in [1.82, 2.24) is 75.0 Å². The highest BCUT2D eigenvalue weighted by Crippen LogP contribution is 2.51. The number of nitrogens with one attached hydrogen (secondary N) is 7. The second-order valence-electron chi connectivity index (χ2n) is 27.5. The minimum Gasteiger partial charge on any atom is -0.386 e. The van der Waals surface area contributed by atoms with Gasteiger partial charge in [0, 0.05) is 103 Å². The smallest absolute Gasteiger partial charge is 0.386 e. The number of aromatic amines is 3. The Morgan fingerprint density at radius 2 is 0.981 bits per heavy atom. The summed E-state index contributed by atoms with van der Waals surface area (Å²) >= 11 is 3.95. The number of carbonyl (C=O) groups excluding carboxylic acids is 1. The highest BCUT2D eigenvalue weighted by atomic mass is 32.2. The molecular weight excluding hydrogens is 1430 g/mol. The second kappa shape index (κ2) is 27.9. The van der Waals surface area contributed by atoms with E-state index in [-0.39, 0.29) is 39.1 Å². The van der Waals surface area contributed by atoms with E-state index in [9.17, 15) is 40.6 Å². The number of pyridine rings is 1. The van der Waals surface area contributed by atoms with Gasteiger partial charge in [0.1, 0.15) is 69.8 Å². The van der Waals surface area contributed by atoms with Gasteiger partial charge >= 0.3 is 12.4 Å². The SMILES string of the molecule is CC(=O)Nc1cccc(Sc2nc(Nc3cc(C)[nH]n3)cc(N3CC(F)(C4CC4)C3)n2)c1.Cc1cc(Nc2cc(N3CC(F)(C4CC4)C3)nc(Sc3ccc4nc(CC(F)(F)F)n(C)c4c3)n2)n[nH]1.Cc1cc(Nc2cc(N3CC(O)(C4CC4)C3)nc(Sc3ccc4nc(C(F)(F)F)ccc4c3)n2)n[nH]1.[HH].[HH].[HH].[HH].[HH].[HH].[HH]. The van der Waals surface area contributed by atoms with Crippen molar-refractivity contribution in [3.8, 4) is 0 Å². The Bertz CT molecular complexity index is 5100. The molecule has 6 aliphatic rings. The van der Waals surface area contributed by atoms with Crippen LogP contribution in [0.15, 0.2) is 139 Å². The van der Waals surface area contributed by atoms with Crippen LogP contribution in [-0.2, 0) is 24.4 Å². The number of amides is 1. The zero-order valence-corrected chi connectivity index (χ0v) is 59.6. The summed E-state index contributed by atoms with van der Waals surface area (Å²) in [5.41, 5.74) is 0.910. The van der Waals surface area contributed by atoms with Crippen LogP contribution in [0.4, 0.5) is 93.2 Å². The summed E-state index contributed by atoms with van der Waals surface area (Å²) in [6.07, 6.45) is -4.00. The number of rotatable bonds is 20. The number of nitrogens with zero attached hydrogens (tertiary/aromatic N) is 15. The molecule has 0 radical (unpaired) electrons. The first-order valence-electron chi connectivity index (χ1n) is 33.9. The van der Waals surface area contributed by atoms with Gasteiger partial charge in [-0.3, -0.25) is 20.1 Å². The number of hydrogen-bond donors (Lipinski definition) is 8. The van der Waals surface area contributed by atoms with Gasteiger partial charge in [0.25, 0.3) is 0 Å². The molecule has 3 saturated carbocycles. The molecule has 560 valence electrons. The number of imidazole rings is 1. The van der Waals surface area contributed by atoms with Crippen molar-refractivity contribution in [3.05, 3.63) is 138 Å². The largest absolute Gasteiger partial charge is 0.433 e. The minimum atomic E-state index is -4.49. The Labute approximate surface area is 618 Å². The number of aryl methyl sites for hydroxylation is 4. The van der Waals surface area contributed by atoms with Crippen LogP contribution in [-0.4, -0.2) is 148 Å². The summed E-state index contributed by atoms with van der Waals surface area (Å²) in [4.78, 5) is 55.4. The maximum absolute atomic E-state index is 15.0. The van der Waals surface area contributed by atoms with Gasteiger partial charge in [-0.15, -0.1) is 0 Å². The van der Waals surface area contributed by atoms with Crippen molar-refractivity contribution in [2.45, 2.75) is 132 Å². The summed E-state index contributed by atoms with van der Waals surface area (Å²) in [7, 11) is 1.57. The average Bonchev–Trinajstić information content (AvgIpc) is 1.55. The van der Waals surface area contributed by atoms with Gasteiger partial charge in [0.05, 0.1) is 55.8 Å². The molecule has 3 saturated heterocycles. The van der Waals surface area contributed by atoms with Gasteiger partial charge in [0.2, 0.25) is 5.91 Å². The van der Waals surface area contributed by atoms with Crippen molar-refractivity contribution >= 4 is 121 Å². The monoisotopic (exact) mass is 1510 g/mol. The number of benzene rings is 3. The summed E-state index contributed by atoms with van der Waals surface area (Å²) in [6.45, 7) is 9.52. The van der Waals surface area contributed by atoms with Crippen molar-refractivity contribution in [2.24, 2.45) is 24.8 Å². The van der Waals surface area contributed by atoms with E-state index in [0.29, 0.717) is 135 Å². The fourth-order valence-electron chi connectivity index (χ4n) is 12.9. The molecule has 11 aromatic rings. The summed E-state index contributed by atoms with van der Waals surface area (Å²) in [6, 6.07) is 31.2. The van der Waals surface area contributed by atoms with Crippen LogP contribution in [0.25, 0.3) is 21.9 Å². The zero-order valence-electron chi connectivity index (χ0n) is 57.1. The predicted octanol–water partition coefficient (Wildman–Crippen LogP) is 16.3. The molecule has 0 atom stereocenters. The van der Waals surface area contributed by atoms with Gasteiger partial charge in [-0.05, 0) is 173 Å². The lowest BCUT2D eigenvalue weighted by molar-refractivity contribution is -0.141. The molecule has 24 nitrogen and oxygen atoms in total. The van der Waals surface area contributed by atoms with E-state index in [4.69, 9.17) is 4.98 Å². The van der Waals surface area contributed by atoms with Gasteiger partial charge in [-0.2, -0.15) is 41.6 Å². The second-order valence-corrected chi connectivity index (χ2v) is 30.6. The third kappa shape index (κ3) is 16.8. The number of aliphatic hydroxyl groups is 1. The molecule has 8 aromatic heterocycles. The van der Waals surface area contributed by atoms with Crippen LogP contribution in [0.5, 0.6) is 0 Å². The number of carbonyl (C=O) groups is 1. The Balaban J connectivity index is 0.000000205. The van der Waals surface area contributed by atoms with E-state index in [1.54, 1.807) is 49.5 Å². The number of anilines is 10. The van der Waals surface area contributed by atoms with Crippen molar-refractivity contribution in [3.63, 3.8) is 0 Å². The van der Waals surface area contributed by atoms with Crippen LogP contribution in [0.2, 0.25) is 0 Å². The molecule has 0 bridgehead atoms. The first-order valence-corrected chi connectivity index (χ1v) is 36.3. The van der Waals surface area contributed by atoms with Crippen molar-refractivity contribution in [1.29, 1.82) is 0 Å². The van der Waals surface area contributed by atoms with Crippen molar-refractivity contribution < 1.29 is 55.0 Å². The predicted molar refractivity (Wildman–Crippen MR) is 398 cm³/mol. The number of fused-ring (bicyclic) bond motifs is 2. The number of alkyl halides is 8. The average molecular weight is 1510 g/mol. The summed E-state index contributed by atoms with van der Waals surface area (Å²) in [5, 5.41) is 46.4. The number of H-pyrrole nitrogens is 3. The van der Waals surface area contributed by atoms with Gasteiger partial charge < -0.3 is 45.6 Å². The van der Waals surface area contributed by atoms with E-state index in [2.05, 4.69) is 86.7 Å². The van der Waals surface area contributed by atoms with E-state index in [1.165, 1.54) is 52.8 Å². The Hall–Kier alpha value is -9.87. The molecule has 11 heterocycles. The molecule has 8 N–H and O–H groups in total. The van der Waals surface area contributed by atoms with Crippen molar-refractivity contribution in [2.75, 3.05) is 75.2 Å². The minimum absolute atomic E-state index is 0. The van der Waals surface area contributed by atoms with E-state index < -0.39 is 41.4 Å². The molecule has 0 unspecified atom stereocenters. The molecule has 3 aromatic carbocycles. The molecule has 0 spiro atoms. The Kier molecular flexibility index (Phi) is 18.8. The van der Waals surface area contributed by atoms with Crippen LogP contribution in [0.3, 0.4) is 0 Å². The maximum atomic E-state index is 15.0. The standard InChI is InChI=1S/C24H24F4N8S.C24H22F3N7OS.C22H24FN7OS.7H2/c1-13-7-19(34-33-13)30-18-9-20(36-11-23(25,12-36)14-3-4-14)32-22(31-18)37-15-5-6-16-17(8-15)35(2)21(29-16)10-24(26,27)28;1-13-8-20(33-32-13)29-19-10-21(34-11-23(35,12-34)15-3-4-15)31-22(30-19)36-16-5-6-17-14(9-16)2-7-18(28-17)24(25,26)27;1-13-8-19(29-28-13)25-18-10-20(30-11-22(23,12-30)15-6-7-15)27-21(26-18)32-17-5-3-4-16(9-17)24-14(2)31;;;;;;;/h5-9,14H,3-4,10-12H2,1-2H3,(H2,30,31,32,33,34);2,5-10,15,35H,3-4,11-12H2,1H3,(H2,29,30,31,32,33);3-5,8-10,15H,6-7,11-12H2,1-2H3,(H,24,31)(H2,25,26,27,28,29);7*1H. The number of halogens is 8. The van der Waals surface area contributed by atoms with Crippen LogP contribution < -0.4 is 36.0 Å². The summed E-state index contributed by atoms with van der Waals surface area (Å²) in [5.74, 6) is 5.98. The van der Waals surface area contributed by atoms with Crippen LogP contribution in [0, 0.1) is 38.5 Å². The first kappa shape index (κ1) is 70.8. The fraction of sp³-hybridized carbons (Fsp3) is 0.371. The molecule has 6 fully saturated rings. The normalized spacial score (nSPS) is 17.2.